The third-order valence-corrected chi connectivity index (χ3v) is 5.12. The average molecular weight is 374 g/mol. The Morgan fingerprint density at radius 3 is 2.86 bits per heavy atom. The quantitative estimate of drug-likeness (QED) is 0.324. The van der Waals surface area contributed by atoms with Gasteiger partial charge in [-0.05, 0) is 29.8 Å². The lowest BCUT2D eigenvalue weighted by molar-refractivity contribution is -0.384. The Morgan fingerprint density at radius 2 is 2.07 bits per heavy atom. The van der Waals surface area contributed by atoms with Crippen LogP contribution in [0.3, 0.4) is 0 Å². The third-order valence-electron chi connectivity index (χ3n) is 5.12. The van der Waals surface area contributed by atoms with Crippen molar-refractivity contribution in [2.75, 3.05) is 12.4 Å². The van der Waals surface area contributed by atoms with Crippen molar-refractivity contribution in [1.82, 2.24) is 10.2 Å². The maximum atomic E-state index is 12.4. The maximum absolute atomic E-state index is 12.4. The molecule has 1 aromatic heterocycles. The third kappa shape index (κ3) is 2.31. The van der Waals surface area contributed by atoms with Crippen LogP contribution < -0.4 is 10.1 Å². The number of amides is 1. The van der Waals surface area contributed by atoms with Gasteiger partial charge in [-0.2, -0.15) is 5.10 Å². The molecule has 0 saturated carbocycles. The number of ether oxygens (including phenoxy) is 1. The number of benzene rings is 2. The van der Waals surface area contributed by atoms with Crippen molar-refractivity contribution in [2.45, 2.75) is 6.42 Å². The number of carbonyl (C=O) groups excluding carboxylic acids is 1. The molecule has 3 aromatic rings. The highest BCUT2D eigenvalue weighted by molar-refractivity contribution is 6.35. The van der Waals surface area contributed by atoms with Crippen LogP contribution in [0.1, 0.15) is 22.4 Å². The number of non-ortho nitro benzene ring substituents is 1. The highest BCUT2D eigenvalue weighted by Gasteiger charge is 2.29. The van der Waals surface area contributed by atoms with Crippen molar-refractivity contribution in [2.24, 2.45) is 0 Å². The Morgan fingerprint density at radius 1 is 1.21 bits per heavy atom. The zero-order chi connectivity index (χ0) is 19.4. The van der Waals surface area contributed by atoms with E-state index in [-0.39, 0.29) is 11.6 Å². The highest BCUT2D eigenvalue weighted by atomic mass is 16.6. The molecule has 2 N–H and O–H groups in total. The molecule has 5 rings (SSSR count). The Labute approximate surface area is 159 Å². The Kier molecular flexibility index (Phi) is 3.35. The van der Waals surface area contributed by atoms with Crippen LogP contribution in [0.4, 0.5) is 11.4 Å². The molecule has 0 saturated heterocycles. The van der Waals surface area contributed by atoms with Gasteiger partial charge in [0, 0.05) is 40.9 Å². The second-order valence-electron chi connectivity index (χ2n) is 6.66. The minimum Gasteiger partial charge on any atom is -0.497 e. The van der Waals surface area contributed by atoms with Crippen molar-refractivity contribution in [3.8, 4) is 17.0 Å². The number of anilines is 1. The average Bonchev–Trinajstić information content (AvgIpc) is 3.34. The lowest BCUT2D eigenvalue weighted by atomic mass is 10.0. The van der Waals surface area contributed by atoms with Crippen molar-refractivity contribution in [3.63, 3.8) is 0 Å². The summed E-state index contributed by atoms with van der Waals surface area (Å²) in [6.07, 6.45) is 2.40. The minimum atomic E-state index is -0.474. The van der Waals surface area contributed by atoms with Gasteiger partial charge in [-0.25, -0.2) is 0 Å². The maximum Gasteiger partial charge on any atom is 0.270 e. The first kappa shape index (κ1) is 16.2. The van der Waals surface area contributed by atoms with Crippen LogP contribution in [0.15, 0.2) is 36.4 Å². The van der Waals surface area contributed by atoms with Crippen LogP contribution in [-0.4, -0.2) is 28.1 Å². The molecule has 2 aliphatic rings. The highest BCUT2D eigenvalue weighted by Crippen LogP contribution is 2.41. The first-order valence-electron chi connectivity index (χ1n) is 8.61. The van der Waals surface area contributed by atoms with Crippen LogP contribution in [0, 0.1) is 10.1 Å². The van der Waals surface area contributed by atoms with Crippen LogP contribution in [0.2, 0.25) is 0 Å². The molecule has 8 heteroatoms. The molecule has 1 aliphatic heterocycles. The Balaban J connectivity index is 1.59. The number of H-pyrrole nitrogens is 1. The van der Waals surface area contributed by atoms with E-state index < -0.39 is 4.92 Å². The van der Waals surface area contributed by atoms with E-state index in [2.05, 4.69) is 15.5 Å². The molecule has 0 bridgehead atoms. The number of nitrogens with one attached hydrogen (secondary N) is 2. The molecule has 138 valence electrons. The van der Waals surface area contributed by atoms with Crippen LogP contribution >= 0.6 is 0 Å². The van der Waals surface area contributed by atoms with Gasteiger partial charge in [-0.1, -0.05) is 6.07 Å². The number of hydrogen-bond acceptors (Lipinski definition) is 5. The van der Waals surface area contributed by atoms with E-state index >= 15 is 0 Å². The molecule has 0 atom stereocenters. The number of aromatic nitrogens is 2. The van der Waals surface area contributed by atoms with Crippen molar-refractivity contribution < 1.29 is 14.5 Å². The molecular formula is C20H14N4O4. The zero-order valence-electron chi connectivity index (χ0n) is 14.8. The molecule has 8 nitrogen and oxygen atoms in total. The largest absolute Gasteiger partial charge is 0.497 e. The molecule has 2 heterocycles. The number of nitro groups is 1. The lowest BCUT2D eigenvalue weighted by Crippen LogP contribution is -2.03. The fourth-order valence-corrected chi connectivity index (χ4v) is 3.72. The number of methoxy groups -OCH3 is 1. The van der Waals surface area contributed by atoms with E-state index in [4.69, 9.17) is 4.74 Å². The summed E-state index contributed by atoms with van der Waals surface area (Å²) >= 11 is 0. The van der Waals surface area contributed by atoms with Gasteiger partial charge in [0.25, 0.3) is 11.6 Å². The first-order chi connectivity index (χ1) is 13.5. The molecule has 0 unspecified atom stereocenters. The van der Waals surface area contributed by atoms with Gasteiger partial charge < -0.3 is 10.1 Å². The summed E-state index contributed by atoms with van der Waals surface area (Å²) in [6.45, 7) is 0. The minimum absolute atomic E-state index is 0.0597. The topological polar surface area (TPSA) is 110 Å². The fourth-order valence-electron chi connectivity index (χ4n) is 3.72. The van der Waals surface area contributed by atoms with Gasteiger partial charge >= 0.3 is 0 Å². The van der Waals surface area contributed by atoms with E-state index in [0.29, 0.717) is 23.2 Å². The van der Waals surface area contributed by atoms with E-state index in [1.54, 1.807) is 19.3 Å². The Bertz CT molecular complexity index is 1210. The number of rotatable bonds is 3. The SMILES string of the molecule is COc1ccc2c(c1)-c1n[nH]c(/C=C3\C(=O)Nc4ccc([N+](=O)[O-])cc43)c1C2. The number of fused-ring (bicyclic) bond motifs is 4. The van der Waals surface area contributed by atoms with E-state index in [1.165, 1.54) is 12.1 Å². The van der Waals surface area contributed by atoms with Crippen LogP contribution in [0.25, 0.3) is 22.9 Å². The van der Waals surface area contributed by atoms with Gasteiger partial charge in [-0.3, -0.25) is 20.0 Å². The first-order valence-corrected chi connectivity index (χ1v) is 8.61. The molecule has 28 heavy (non-hydrogen) atoms. The molecule has 1 aliphatic carbocycles. The van der Waals surface area contributed by atoms with Gasteiger partial charge in [0.1, 0.15) is 5.75 Å². The number of aromatic amines is 1. The van der Waals surface area contributed by atoms with Crippen molar-refractivity contribution in [3.05, 3.63) is 68.9 Å². The predicted octanol–water partition coefficient (Wildman–Crippen LogP) is 3.39. The molecule has 1 amide bonds. The summed E-state index contributed by atoms with van der Waals surface area (Å²) in [6, 6.07) is 10.2. The fraction of sp³-hybridized carbons (Fsp3) is 0.100. The smallest absolute Gasteiger partial charge is 0.270 e. The Hall–Kier alpha value is -3.94. The molecule has 2 aromatic carbocycles. The van der Waals surface area contributed by atoms with Crippen LogP contribution in [-0.2, 0) is 11.2 Å². The van der Waals surface area contributed by atoms with Gasteiger partial charge in [-0.15, -0.1) is 0 Å². The summed E-state index contributed by atoms with van der Waals surface area (Å²) in [5.74, 6) is 0.460. The van der Waals surface area contributed by atoms with Gasteiger partial charge in [0.15, 0.2) is 0 Å². The van der Waals surface area contributed by atoms with Crippen molar-refractivity contribution in [1.29, 1.82) is 0 Å². The standard InChI is InChI=1S/C20H14N4O4/c1-28-12-4-2-10-6-16-18(22-23-19(16)13(10)8-12)9-15-14-7-11(24(26)27)3-5-17(14)21-20(15)25/h2-5,7-9H,6H2,1H3,(H,21,25)(H,22,23)/b15-9-. The predicted molar refractivity (Wildman–Crippen MR) is 103 cm³/mol. The summed E-state index contributed by atoms with van der Waals surface area (Å²) in [7, 11) is 1.62. The summed E-state index contributed by atoms with van der Waals surface area (Å²) in [5.41, 5.74) is 6.07. The monoisotopic (exact) mass is 374 g/mol. The van der Waals surface area contributed by atoms with E-state index in [1.807, 2.05) is 18.2 Å². The summed E-state index contributed by atoms with van der Waals surface area (Å²) < 4.78 is 5.29. The van der Waals surface area contributed by atoms with E-state index in [0.717, 1.165) is 33.8 Å². The van der Waals surface area contributed by atoms with Gasteiger partial charge in [0.2, 0.25) is 0 Å². The second kappa shape index (κ2) is 5.78. The number of nitrogens with zero attached hydrogens (tertiary/aromatic N) is 2. The lowest BCUT2D eigenvalue weighted by Gasteiger charge is -2.03. The normalized spacial score (nSPS) is 15.2. The molecular weight excluding hydrogens is 360 g/mol. The number of nitro benzene ring substituents is 1. The molecule has 0 spiro atoms. The molecule has 0 fully saturated rings. The molecule has 0 radical (unpaired) electrons. The number of hydrogen-bond donors (Lipinski definition) is 2. The van der Waals surface area contributed by atoms with Gasteiger partial charge in [0.05, 0.1) is 29.0 Å². The van der Waals surface area contributed by atoms with E-state index in [9.17, 15) is 14.9 Å². The summed E-state index contributed by atoms with van der Waals surface area (Å²) in [5, 5.41) is 21.2. The zero-order valence-corrected chi connectivity index (χ0v) is 14.8. The van der Waals surface area contributed by atoms with Crippen LogP contribution in [0.5, 0.6) is 5.75 Å². The summed E-state index contributed by atoms with van der Waals surface area (Å²) in [4.78, 5) is 23.1. The van der Waals surface area contributed by atoms with Crippen molar-refractivity contribution >= 4 is 28.9 Å². The number of carbonyl (C=O) groups is 1. The second-order valence-corrected chi connectivity index (χ2v) is 6.66.